The van der Waals surface area contributed by atoms with Crippen LogP contribution in [0.2, 0.25) is 0 Å². The molecule has 100 valence electrons. The summed E-state index contributed by atoms with van der Waals surface area (Å²) in [5, 5.41) is 8.83. The van der Waals surface area contributed by atoms with Crippen LogP contribution in [-0.2, 0) is 14.6 Å². The van der Waals surface area contributed by atoms with Crippen LogP contribution in [0.3, 0.4) is 0 Å². The zero-order valence-electron chi connectivity index (χ0n) is 10.1. The molecule has 18 heavy (non-hydrogen) atoms. The van der Waals surface area contributed by atoms with Gasteiger partial charge in [-0.2, -0.15) is 0 Å². The van der Waals surface area contributed by atoms with Crippen molar-refractivity contribution in [2.75, 3.05) is 13.4 Å². The van der Waals surface area contributed by atoms with E-state index in [0.717, 1.165) is 6.26 Å². The normalized spacial score (nSPS) is 13.1. The minimum absolute atomic E-state index is 0.142. The number of halogens is 1. The first-order valence-electron chi connectivity index (χ1n) is 4.99. The van der Waals surface area contributed by atoms with Gasteiger partial charge in [-0.1, -0.05) is 6.07 Å². The van der Waals surface area contributed by atoms with E-state index < -0.39 is 32.4 Å². The number of benzene rings is 1. The van der Waals surface area contributed by atoms with Crippen LogP contribution in [0.15, 0.2) is 17.0 Å². The Bertz CT molecular complexity index is 579. The van der Waals surface area contributed by atoms with Gasteiger partial charge in [-0.25, -0.2) is 12.8 Å². The van der Waals surface area contributed by atoms with Crippen molar-refractivity contribution in [2.45, 2.75) is 17.7 Å². The third-order valence-electron chi connectivity index (χ3n) is 2.52. The van der Waals surface area contributed by atoms with Gasteiger partial charge >= 0.3 is 5.97 Å². The van der Waals surface area contributed by atoms with Crippen LogP contribution in [0, 0.1) is 5.82 Å². The lowest BCUT2D eigenvalue weighted by Crippen LogP contribution is -2.13. The van der Waals surface area contributed by atoms with Gasteiger partial charge in [0.25, 0.3) is 0 Å². The zero-order valence-corrected chi connectivity index (χ0v) is 10.9. The summed E-state index contributed by atoms with van der Waals surface area (Å²) in [4.78, 5) is 10.2. The Morgan fingerprint density at radius 1 is 1.44 bits per heavy atom. The third kappa shape index (κ3) is 2.61. The molecule has 0 radical (unpaired) electrons. The molecule has 1 rings (SSSR count). The molecule has 0 aliphatic heterocycles. The van der Waals surface area contributed by atoms with E-state index in [1.165, 1.54) is 26.2 Å². The SMILES string of the molecule is COc1ccc(C(C)C(=O)O)c(F)c1S(C)(=O)=O. The Morgan fingerprint density at radius 3 is 2.39 bits per heavy atom. The predicted octanol–water partition coefficient (Wildman–Crippen LogP) is 1.43. The highest BCUT2D eigenvalue weighted by molar-refractivity contribution is 7.90. The minimum atomic E-state index is -3.85. The highest BCUT2D eigenvalue weighted by Crippen LogP contribution is 2.32. The largest absolute Gasteiger partial charge is 0.495 e. The van der Waals surface area contributed by atoms with Crippen molar-refractivity contribution in [3.8, 4) is 5.75 Å². The molecule has 5 nitrogen and oxygen atoms in total. The average molecular weight is 276 g/mol. The van der Waals surface area contributed by atoms with Crippen molar-refractivity contribution < 1.29 is 27.4 Å². The lowest BCUT2D eigenvalue weighted by atomic mass is 10.0. The van der Waals surface area contributed by atoms with Crippen LogP contribution in [0.4, 0.5) is 4.39 Å². The van der Waals surface area contributed by atoms with Crippen molar-refractivity contribution in [1.29, 1.82) is 0 Å². The first kappa shape index (κ1) is 14.4. The van der Waals surface area contributed by atoms with E-state index in [1.807, 2.05) is 0 Å². The van der Waals surface area contributed by atoms with Crippen molar-refractivity contribution in [1.82, 2.24) is 0 Å². The summed E-state index contributed by atoms with van der Waals surface area (Å²) < 4.78 is 41.9. The topological polar surface area (TPSA) is 80.7 Å². The smallest absolute Gasteiger partial charge is 0.310 e. The Balaban J connectivity index is 3.59. The summed E-state index contributed by atoms with van der Waals surface area (Å²) >= 11 is 0. The maximum Gasteiger partial charge on any atom is 0.310 e. The maximum absolute atomic E-state index is 14.1. The van der Waals surface area contributed by atoms with Gasteiger partial charge in [-0.15, -0.1) is 0 Å². The summed E-state index contributed by atoms with van der Waals surface area (Å²) in [5.41, 5.74) is -0.191. The number of carbonyl (C=O) groups is 1. The summed E-state index contributed by atoms with van der Waals surface area (Å²) in [6.45, 7) is 1.28. The molecule has 1 aromatic carbocycles. The number of methoxy groups -OCH3 is 1. The third-order valence-corrected chi connectivity index (χ3v) is 3.64. The van der Waals surface area contributed by atoms with Gasteiger partial charge in [0.15, 0.2) is 9.84 Å². The molecule has 0 heterocycles. The summed E-state index contributed by atoms with van der Waals surface area (Å²) in [6, 6.07) is 2.45. The molecule has 0 saturated carbocycles. The van der Waals surface area contributed by atoms with E-state index in [2.05, 4.69) is 0 Å². The van der Waals surface area contributed by atoms with Crippen LogP contribution < -0.4 is 4.74 Å². The second kappa shape index (κ2) is 4.93. The average Bonchev–Trinajstić information content (AvgIpc) is 2.25. The number of hydrogen-bond donors (Lipinski definition) is 1. The van der Waals surface area contributed by atoms with Gasteiger partial charge in [0.2, 0.25) is 0 Å². The molecule has 0 saturated heterocycles. The van der Waals surface area contributed by atoms with E-state index in [0.29, 0.717) is 0 Å². The van der Waals surface area contributed by atoms with Gasteiger partial charge in [0.05, 0.1) is 13.0 Å². The minimum Gasteiger partial charge on any atom is -0.495 e. The van der Waals surface area contributed by atoms with Gasteiger partial charge in [-0.05, 0) is 13.0 Å². The second-order valence-corrected chi connectivity index (χ2v) is 5.78. The summed E-state index contributed by atoms with van der Waals surface area (Å²) in [7, 11) is -2.64. The molecule has 0 aliphatic carbocycles. The highest BCUT2D eigenvalue weighted by Gasteiger charge is 2.27. The molecular formula is C11H13FO5S. The number of carboxylic acid groups (broad SMARTS) is 1. The molecule has 0 aliphatic rings. The standard InChI is InChI=1S/C11H13FO5S/c1-6(11(13)14)7-4-5-8(17-2)10(9(7)12)18(3,15)16/h4-6H,1-3H3,(H,13,14). The van der Waals surface area contributed by atoms with Gasteiger partial charge in [-0.3, -0.25) is 4.79 Å². The van der Waals surface area contributed by atoms with Crippen LogP contribution in [-0.4, -0.2) is 32.9 Å². The fourth-order valence-electron chi connectivity index (χ4n) is 1.53. The highest BCUT2D eigenvalue weighted by atomic mass is 32.2. The number of sulfone groups is 1. The summed E-state index contributed by atoms with van der Waals surface area (Å²) in [6.07, 6.45) is 0.836. The molecule has 1 N–H and O–H groups in total. The Hall–Kier alpha value is -1.63. The van der Waals surface area contributed by atoms with E-state index in [-0.39, 0.29) is 11.3 Å². The maximum atomic E-state index is 14.1. The van der Waals surface area contributed by atoms with Gasteiger partial charge < -0.3 is 9.84 Å². The van der Waals surface area contributed by atoms with E-state index in [4.69, 9.17) is 9.84 Å². The van der Waals surface area contributed by atoms with Gasteiger partial charge in [0.1, 0.15) is 16.5 Å². The zero-order chi connectivity index (χ0) is 14.1. The lowest BCUT2D eigenvalue weighted by molar-refractivity contribution is -0.138. The Kier molecular flexibility index (Phi) is 3.95. The summed E-state index contributed by atoms with van der Waals surface area (Å²) in [5.74, 6) is -3.60. The number of carboxylic acids is 1. The fraction of sp³-hybridized carbons (Fsp3) is 0.364. The second-order valence-electron chi connectivity index (χ2n) is 3.83. The van der Waals surface area contributed by atoms with Crippen molar-refractivity contribution in [3.63, 3.8) is 0 Å². The number of hydrogen-bond acceptors (Lipinski definition) is 4. The molecular weight excluding hydrogens is 263 g/mol. The molecule has 0 fully saturated rings. The van der Waals surface area contributed by atoms with Crippen LogP contribution in [0.25, 0.3) is 0 Å². The van der Waals surface area contributed by atoms with Crippen molar-refractivity contribution in [2.24, 2.45) is 0 Å². The van der Waals surface area contributed by atoms with Gasteiger partial charge in [0, 0.05) is 11.8 Å². The van der Waals surface area contributed by atoms with Crippen LogP contribution in [0.1, 0.15) is 18.4 Å². The molecule has 0 spiro atoms. The Morgan fingerprint density at radius 2 is 2.00 bits per heavy atom. The molecule has 1 unspecified atom stereocenters. The predicted molar refractivity (Wildman–Crippen MR) is 62.1 cm³/mol. The molecule has 7 heteroatoms. The number of aliphatic carboxylic acids is 1. The molecule has 0 amide bonds. The van der Waals surface area contributed by atoms with E-state index in [9.17, 15) is 17.6 Å². The monoisotopic (exact) mass is 276 g/mol. The fourth-order valence-corrected chi connectivity index (χ4v) is 2.49. The number of rotatable bonds is 4. The lowest BCUT2D eigenvalue weighted by Gasteiger charge is -2.13. The first-order valence-corrected chi connectivity index (χ1v) is 6.88. The number of ether oxygens (including phenoxy) is 1. The van der Waals surface area contributed by atoms with Crippen LogP contribution in [0.5, 0.6) is 5.75 Å². The molecule has 0 bridgehead atoms. The molecule has 1 aromatic rings. The van der Waals surface area contributed by atoms with E-state index in [1.54, 1.807) is 0 Å². The van der Waals surface area contributed by atoms with Crippen molar-refractivity contribution in [3.05, 3.63) is 23.5 Å². The molecule has 1 atom stereocenters. The van der Waals surface area contributed by atoms with Crippen molar-refractivity contribution >= 4 is 15.8 Å². The molecule has 0 aromatic heterocycles. The quantitative estimate of drug-likeness (QED) is 0.899. The first-order chi connectivity index (χ1) is 8.20. The van der Waals surface area contributed by atoms with E-state index >= 15 is 0 Å². The van der Waals surface area contributed by atoms with Crippen LogP contribution >= 0.6 is 0 Å². The Labute approximate surface area is 104 Å².